The molecule has 1 unspecified atom stereocenters. The summed E-state index contributed by atoms with van der Waals surface area (Å²) in [6, 6.07) is 15.2. The van der Waals surface area contributed by atoms with Gasteiger partial charge in [0, 0.05) is 12.7 Å². The lowest BCUT2D eigenvalue weighted by Gasteiger charge is -2.45. The third kappa shape index (κ3) is 3.70. The maximum absolute atomic E-state index is 6.21. The lowest BCUT2D eigenvalue weighted by Crippen LogP contribution is -2.51. The molecular formula is C22H29N3O. The molecule has 0 N–H and O–H groups in total. The average Bonchev–Trinajstić information content (AvgIpc) is 2.66. The molecule has 1 saturated heterocycles. The summed E-state index contributed by atoms with van der Waals surface area (Å²) in [5, 5.41) is 0. The van der Waals surface area contributed by atoms with Crippen molar-refractivity contribution in [3.63, 3.8) is 0 Å². The number of anilines is 1. The van der Waals surface area contributed by atoms with Crippen molar-refractivity contribution in [1.82, 2.24) is 9.88 Å². The number of pyridine rings is 1. The zero-order valence-corrected chi connectivity index (χ0v) is 15.9. The van der Waals surface area contributed by atoms with E-state index in [2.05, 4.69) is 59.0 Å². The Morgan fingerprint density at radius 2 is 1.81 bits per heavy atom. The molecule has 138 valence electrons. The lowest BCUT2D eigenvalue weighted by molar-refractivity contribution is 0.0967. The molecule has 2 aliphatic heterocycles. The first-order chi connectivity index (χ1) is 12.6. The Hall–Kier alpha value is -2.07. The van der Waals surface area contributed by atoms with Crippen LogP contribution in [0, 0.1) is 0 Å². The second kappa shape index (κ2) is 7.28. The van der Waals surface area contributed by atoms with Crippen LogP contribution in [0.15, 0.2) is 48.7 Å². The van der Waals surface area contributed by atoms with Crippen molar-refractivity contribution < 1.29 is 4.74 Å². The number of aromatic nitrogens is 1. The zero-order valence-electron chi connectivity index (χ0n) is 15.9. The van der Waals surface area contributed by atoms with Crippen LogP contribution >= 0.6 is 0 Å². The van der Waals surface area contributed by atoms with Gasteiger partial charge in [0.1, 0.15) is 5.60 Å². The maximum atomic E-state index is 6.21. The number of ether oxygens (including phenoxy) is 1. The Labute approximate surface area is 156 Å². The topological polar surface area (TPSA) is 28.6 Å². The highest BCUT2D eigenvalue weighted by atomic mass is 16.5. The number of benzene rings is 1. The standard InChI is InChI=1S/C22H29N3O/c1-22(2)17-25(21-20(26-22)12-9-13-23-21)19(18-10-5-3-6-11-18)16-24-14-7-4-8-15-24/h3,5-6,9-13,19H,4,7-8,14-17H2,1-2H3. The predicted molar refractivity (Wildman–Crippen MR) is 106 cm³/mol. The van der Waals surface area contributed by atoms with E-state index in [-0.39, 0.29) is 11.6 Å². The minimum Gasteiger partial charge on any atom is -0.482 e. The van der Waals surface area contributed by atoms with Crippen LogP contribution < -0.4 is 9.64 Å². The minimum atomic E-state index is -0.231. The molecule has 0 radical (unpaired) electrons. The molecular weight excluding hydrogens is 322 g/mol. The van der Waals surface area contributed by atoms with E-state index >= 15 is 0 Å². The van der Waals surface area contributed by atoms with Crippen molar-refractivity contribution in [2.45, 2.75) is 44.8 Å². The van der Waals surface area contributed by atoms with E-state index in [1.54, 1.807) is 0 Å². The molecule has 4 nitrogen and oxygen atoms in total. The van der Waals surface area contributed by atoms with Gasteiger partial charge in [0.05, 0.1) is 12.6 Å². The van der Waals surface area contributed by atoms with Crippen LogP contribution in [0.4, 0.5) is 5.82 Å². The minimum absolute atomic E-state index is 0.231. The molecule has 4 rings (SSSR count). The fraction of sp³-hybridized carbons (Fsp3) is 0.500. The first kappa shape index (κ1) is 17.3. The normalized spacial score (nSPS) is 20.9. The Bertz CT molecular complexity index is 725. The predicted octanol–water partition coefficient (Wildman–Crippen LogP) is 4.29. The zero-order chi connectivity index (χ0) is 18.0. The number of hydrogen-bond acceptors (Lipinski definition) is 4. The van der Waals surface area contributed by atoms with E-state index in [0.717, 1.165) is 24.7 Å². The number of fused-ring (bicyclic) bond motifs is 1. The van der Waals surface area contributed by atoms with E-state index in [1.165, 1.54) is 37.9 Å². The largest absolute Gasteiger partial charge is 0.482 e. The fourth-order valence-corrected chi connectivity index (χ4v) is 4.20. The van der Waals surface area contributed by atoms with Gasteiger partial charge >= 0.3 is 0 Å². The van der Waals surface area contributed by atoms with Gasteiger partial charge in [0.15, 0.2) is 11.6 Å². The first-order valence-corrected chi connectivity index (χ1v) is 9.80. The Balaban J connectivity index is 1.70. The summed E-state index contributed by atoms with van der Waals surface area (Å²) < 4.78 is 6.21. The van der Waals surface area contributed by atoms with Gasteiger partial charge in [-0.1, -0.05) is 36.8 Å². The highest BCUT2D eigenvalue weighted by Crippen LogP contribution is 2.40. The molecule has 1 fully saturated rings. The van der Waals surface area contributed by atoms with Gasteiger partial charge in [0.25, 0.3) is 0 Å². The molecule has 0 bridgehead atoms. The van der Waals surface area contributed by atoms with Crippen molar-refractivity contribution in [2.24, 2.45) is 0 Å². The number of rotatable bonds is 4. The van der Waals surface area contributed by atoms with Crippen LogP contribution in [0.1, 0.15) is 44.7 Å². The van der Waals surface area contributed by atoms with Gasteiger partial charge in [-0.15, -0.1) is 0 Å². The second-order valence-corrected chi connectivity index (χ2v) is 8.10. The molecule has 4 heteroatoms. The van der Waals surface area contributed by atoms with Crippen molar-refractivity contribution >= 4 is 5.82 Å². The molecule has 2 aliphatic rings. The Kier molecular flexibility index (Phi) is 4.86. The molecule has 0 spiro atoms. The number of piperidine rings is 1. The van der Waals surface area contributed by atoms with Crippen LogP contribution in [-0.4, -0.2) is 41.7 Å². The quantitative estimate of drug-likeness (QED) is 0.822. The van der Waals surface area contributed by atoms with Gasteiger partial charge in [-0.25, -0.2) is 4.98 Å². The van der Waals surface area contributed by atoms with Crippen molar-refractivity contribution in [3.8, 4) is 5.75 Å². The summed E-state index contributed by atoms with van der Waals surface area (Å²) in [5.41, 5.74) is 1.12. The molecule has 0 aliphatic carbocycles. The molecule has 1 atom stereocenters. The van der Waals surface area contributed by atoms with Crippen molar-refractivity contribution in [3.05, 3.63) is 54.2 Å². The average molecular weight is 351 g/mol. The van der Waals surface area contributed by atoms with Crippen LogP contribution in [0.3, 0.4) is 0 Å². The monoisotopic (exact) mass is 351 g/mol. The summed E-state index contributed by atoms with van der Waals surface area (Å²) >= 11 is 0. The molecule has 26 heavy (non-hydrogen) atoms. The van der Waals surface area contributed by atoms with Crippen molar-refractivity contribution in [2.75, 3.05) is 31.1 Å². The fourth-order valence-electron chi connectivity index (χ4n) is 4.20. The summed E-state index contributed by atoms with van der Waals surface area (Å²) in [4.78, 5) is 9.77. The first-order valence-electron chi connectivity index (χ1n) is 9.80. The van der Waals surface area contributed by atoms with E-state index < -0.39 is 0 Å². The van der Waals surface area contributed by atoms with E-state index in [0.29, 0.717) is 0 Å². The van der Waals surface area contributed by atoms with Gasteiger partial charge in [-0.2, -0.15) is 0 Å². The highest BCUT2D eigenvalue weighted by Gasteiger charge is 2.37. The van der Waals surface area contributed by atoms with Gasteiger partial charge in [-0.05, 0) is 57.5 Å². The number of hydrogen-bond donors (Lipinski definition) is 0. The molecule has 2 aromatic rings. The van der Waals surface area contributed by atoms with E-state index in [9.17, 15) is 0 Å². The smallest absolute Gasteiger partial charge is 0.172 e. The van der Waals surface area contributed by atoms with Crippen LogP contribution in [-0.2, 0) is 0 Å². The summed E-state index contributed by atoms with van der Waals surface area (Å²) in [6.07, 6.45) is 5.86. The second-order valence-electron chi connectivity index (χ2n) is 8.10. The van der Waals surface area contributed by atoms with Crippen LogP contribution in [0.25, 0.3) is 0 Å². The highest BCUT2D eigenvalue weighted by molar-refractivity contribution is 5.56. The summed E-state index contributed by atoms with van der Waals surface area (Å²) in [5.74, 6) is 1.86. The molecule has 0 amide bonds. The molecule has 3 heterocycles. The van der Waals surface area contributed by atoms with E-state index in [1.807, 2.05) is 18.3 Å². The molecule has 0 saturated carbocycles. The van der Waals surface area contributed by atoms with Crippen molar-refractivity contribution in [1.29, 1.82) is 0 Å². The van der Waals surface area contributed by atoms with Crippen LogP contribution in [0.2, 0.25) is 0 Å². The Morgan fingerprint density at radius 1 is 1.04 bits per heavy atom. The van der Waals surface area contributed by atoms with Gasteiger partial charge in [-0.3, -0.25) is 0 Å². The van der Waals surface area contributed by atoms with E-state index in [4.69, 9.17) is 4.74 Å². The molecule has 1 aromatic heterocycles. The number of likely N-dealkylation sites (tertiary alicyclic amines) is 1. The lowest BCUT2D eigenvalue weighted by atomic mass is 9.99. The SMILES string of the molecule is CC1(C)CN(C(CN2CCCCC2)c2ccccc2)c2ncccc2O1. The third-order valence-corrected chi connectivity index (χ3v) is 5.40. The third-order valence-electron chi connectivity index (χ3n) is 5.40. The maximum Gasteiger partial charge on any atom is 0.172 e. The summed E-state index contributed by atoms with van der Waals surface area (Å²) in [6.45, 7) is 8.61. The van der Waals surface area contributed by atoms with Gasteiger partial charge < -0.3 is 14.5 Å². The van der Waals surface area contributed by atoms with Gasteiger partial charge in [0.2, 0.25) is 0 Å². The number of nitrogens with zero attached hydrogens (tertiary/aromatic N) is 3. The Morgan fingerprint density at radius 3 is 2.58 bits per heavy atom. The molecule has 1 aromatic carbocycles. The van der Waals surface area contributed by atoms with Crippen LogP contribution in [0.5, 0.6) is 5.75 Å². The summed E-state index contributed by atoms with van der Waals surface area (Å²) in [7, 11) is 0.